The highest BCUT2D eigenvalue weighted by atomic mass is 32.1. The van der Waals surface area contributed by atoms with Crippen LogP contribution in [-0.2, 0) is 16.0 Å². The van der Waals surface area contributed by atoms with Crippen molar-refractivity contribution >= 4 is 29.2 Å². The van der Waals surface area contributed by atoms with Crippen molar-refractivity contribution < 1.29 is 14.3 Å². The van der Waals surface area contributed by atoms with Crippen molar-refractivity contribution in [3.63, 3.8) is 0 Å². The lowest BCUT2D eigenvalue weighted by molar-refractivity contribution is -0.123. The van der Waals surface area contributed by atoms with Gasteiger partial charge in [0.1, 0.15) is 17.7 Å². The SMILES string of the molecule is CC(C)(C)OC(=O)NC(Cc1cccs1)C(=O)NC1CCN(c2nccnc2C#N)C1. The molecule has 10 heteroatoms. The van der Waals surface area contributed by atoms with Gasteiger partial charge in [-0.25, -0.2) is 14.8 Å². The number of nitrogens with one attached hydrogen (secondary N) is 2. The zero-order valence-electron chi connectivity index (χ0n) is 17.8. The number of hydrogen-bond acceptors (Lipinski definition) is 8. The number of nitriles is 1. The first-order chi connectivity index (χ1) is 14.7. The lowest BCUT2D eigenvalue weighted by Crippen LogP contribution is -2.52. The molecule has 0 aromatic carbocycles. The van der Waals surface area contributed by atoms with Crippen LogP contribution in [0.2, 0.25) is 0 Å². The Balaban J connectivity index is 1.64. The fourth-order valence-electron chi connectivity index (χ4n) is 3.30. The summed E-state index contributed by atoms with van der Waals surface area (Å²) in [5.41, 5.74) is -0.397. The van der Waals surface area contributed by atoms with Crippen LogP contribution in [0, 0.1) is 11.3 Å². The zero-order chi connectivity index (χ0) is 22.4. The molecule has 0 spiro atoms. The number of anilines is 1. The lowest BCUT2D eigenvalue weighted by Gasteiger charge is -2.24. The summed E-state index contributed by atoms with van der Waals surface area (Å²) in [6.07, 6.45) is 3.47. The molecule has 2 N–H and O–H groups in total. The summed E-state index contributed by atoms with van der Waals surface area (Å²) >= 11 is 1.53. The van der Waals surface area contributed by atoms with Crippen LogP contribution in [0.3, 0.4) is 0 Å². The molecule has 0 aliphatic carbocycles. The highest BCUT2D eigenvalue weighted by molar-refractivity contribution is 7.09. The number of carbonyl (C=O) groups excluding carboxylic acids is 2. The molecule has 2 aromatic heterocycles. The first kappa shape index (κ1) is 22.5. The van der Waals surface area contributed by atoms with Gasteiger partial charge < -0.3 is 20.3 Å². The summed E-state index contributed by atoms with van der Waals surface area (Å²) in [4.78, 5) is 36.5. The van der Waals surface area contributed by atoms with Gasteiger partial charge in [0.15, 0.2) is 11.5 Å². The third kappa shape index (κ3) is 6.39. The predicted octanol–water partition coefficient (Wildman–Crippen LogP) is 2.24. The molecule has 2 unspecified atom stereocenters. The standard InChI is InChI=1S/C21H26N6O3S/c1-21(2,3)30-20(29)26-16(11-15-5-4-10-31-15)19(28)25-14-6-9-27(13-14)18-17(12-22)23-7-8-24-18/h4-5,7-8,10,14,16H,6,9,11,13H2,1-3H3,(H,25,28)(H,26,29). The minimum absolute atomic E-state index is 0.132. The number of amides is 2. The smallest absolute Gasteiger partial charge is 0.408 e. The van der Waals surface area contributed by atoms with E-state index in [1.54, 1.807) is 27.0 Å². The van der Waals surface area contributed by atoms with E-state index in [1.807, 2.05) is 28.5 Å². The number of rotatable bonds is 6. The van der Waals surface area contributed by atoms with E-state index < -0.39 is 17.7 Å². The molecule has 3 heterocycles. The Labute approximate surface area is 185 Å². The van der Waals surface area contributed by atoms with E-state index in [0.717, 1.165) is 4.88 Å². The molecule has 1 aliphatic heterocycles. The average Bonchev–Trinajstić information content (AvgIpc) is 3.38. The van der Waals surface area contributed by atoms with Crippen LogP contribution in [0.25, 0.3) is 0 Å². The van der Waals surface area contributed by atoms with Crippen LogP contribution in [0.5, 0.6) is 0 Å². The van der Waals surface area contributed by atoms with Gasteiger partial charge in [-0.2, -0.15) is 5.26 Å². The number of thiophene rings is 1. The Kier molecular flexibility index (Phi) is 7.07. The van der Waals surface area contributed by atoms with Crippen LogP contribution >= 0.6 is 11.3 Å². The highest BCUT2D eigenvalue weighted by Crippen LogP contribution is 2.20. The fraction of sp³-hybridized carbons (Fsp3) is 0.476. The van der Waals surface area contributed by atoms with Gasteiger partial charge in [0.05, 0.1) is 0 Å². The van der Waals surface area contributed by atoms with E-state index in [4.69, 9.17) is 4.74 Å². The second-order valence-electron chi connectivity index (χ2n) is 8.26. The van der Waals surface area contributed by atoms with Gasteiger partial charge in [-0.05, 0) is 38.6 Å². The maximum atomic E-state index is 13.0. The van der Waals surface area contributed by atoms with Gasteiger partial charge in [0, 0.05) is 42.8 Å². The predicted molar refractivity (Wildman–Crippen MR) is 117 cm³/mol. The number of carbonyl (C=O) groups is 2. The normalized spacial score (nSPS) is 17.0. The van der Waals surface area contributed by atoms with Gasteiger partial charge in [-0.3, -0.25) is 4.79 Å². The summed E-state index contributed by atoms with van der Waals surface area (Å²) in [6, 6.07) is 5.00. The molecule has 0 bridgehead atoms. The van der Waals surface area contributed by atoms with Crippen molar-refractivity contribution in [3.05, 3.63) is 40.5 Å². The van der Waals surface area contributed by atoms with E-state index in [0.29, 0.717) is 31.7 Å². The molecule has 0 radical (unpaired) electrons. The lowest BCUT2D eigenvalue weighted by atomic mass is 10.1. The number of ether oxygens (including phenoxy) is 1. The average molecular weight is 443 g/mol. The Bertz CT molecular complexity index is 951. The Hall–Kier alpha value is -3.19. The quantitative estimate of drug-likeness (QED) is 0.704. The van der Waals surface area contributed by atoms with E-state index in [9.17, 15) is 14.9 Å². The van der Waals surface area contributed by atoms with Crippen LogP contribution in [-0.4, -0.2) is 52.7 Å². The summed E-state index contributed by atoms with van der Waals surface area (Å²) in [6.45, 7) is 6.48. The summed E-state index contributed by atoms with van der Waals surface area (Å²) in [5, 5.41) is 16.9. The molecule has 1 fully saturated rings. The van der Waals surface area contributed by atoms with E-state index in [-0.39, 0.29) is 17.6 Å². The Morgan fingerprint density at radius 3 is 2.84 bits per heavy atom. The molecule has 2 aromatic rings. The number of aromatic nitrogens is 2. The molecule has 3 rings (SSSR count). The molecular weight excluding hydrogens is 416 g/mol. The van der Waals surface area contributed by atoms with Crippen molar-refractivity contribution in [1.29, 1.82) is 5.26 Å². The van der Waals surface area contributed by atoms with Gasteiger partial charge in [0.25, 0.3) is 0 Å². The highest BCUT2D eigenvalue weighted by Gasteiger charge is 2.30. The monoisotopic (exact) mass is 442 g/mol. The molecular formula is C21H26N6O3S. The largest absolute Gasteiger partial charge is 0.444 e. The molecule has 2 atom stereocenters. The molecule has 164 valence electrons. The van der Waals surface area contributed by atoms with Crippen molar-refractivity contribution in [2.24, 2.45) is 0 Å². The topological polar surface area (TPSA) is 120 Å². The third-order valence-electron chi connectivity index (χ3n) is 4.61. The second-order valence-corrected chi connectivity index (χ2v) is 9.30. The van der Waals surface area contributed by atoms with Gasteiger partial charge in [-0.1, -0.05) is 6.07 Å². The zero-order valence-corrected chi connectivity index (χ0v) is 18.6. The van der Waals surface area contributed by atoms with Crippen molar-refractivity contribution in [3.8, 4) is 6.07 Å². The second kappa shape index (κ2) is 9.75. The first-order valence-corrected chi connectivity index (χ1v) is 10.9. The van der Waals surface area contributed by atoms with Crippen LogP contribution in [0.4, 0.5) is 10.6 Å². The van der Waals surface area contributed by atoms with Crippen LogP contribution in [0.15, 0.2) is 29.9 Å². The summed E-state index contributed by atoms with van der Waals surface area (Å²) < 4.78 is 5.33. The number of nitrogens with zero attached hydrogens (tertiary/aromatic N) is 4. The molecule has 9 nitrogen and oxygen atoms in total. The van der Waals surface area contributed by atoms with Gasteiger partial charge in [0.2, 0.25) is 5.91 Å². The minimum Gasteiger partial charge on any atom is -0.444 e. The molecule has 31 heavy (non-hydrogen) atoms. The number of alkyl carbamates (subject to hydrolysis) is 1. The van der Waals surface area contributed by atoms with E-state index >= 15 is 0 Å². The van der Waals surface area contributed by atoms with E-state index in [2.05, 4.69) is 20.6 Å². The maximum Gasteiger partial charge on any atom is 0.408 e. The van der Waals surface area contributed by atoms with Crippen molar-refractivity contribution in [2.45, 2.75) is 51.3 Å². The van der Waals surface area contributed by atoms with Crippen molar-refractivity contribution in [2.75, 3.05) is 18.0 Å². The molecule has 1 saturated heterocycles. The first-order valence-electron chi connectivity index (χ1n) is 10.0. The molecule has 0 saturated carbocycles. The van der Waals surface area contributed by atoms with Crippen LogP contribution < -0.4 is 15.5 Å². The minimum atomic E-state index is -0.756. The van der Waals surface area contributed by atoms with E-state index in [1.165, 1.54) is 17.5 Å². The van der Waals surface area contributed by atoms with Gasteiger partial charge >= 0.3 is 6.09 Å². The summed E-state index contributed by atoms with van der Waals surface area (Å²) in [5.74, 6) is 0.245. The Morgan fingerprint density at radius 1 is 1.39 bits per heavy atom. The van der Waals surface area contributed by atoms with Crippen LogP contribution in [0.1, 0.15) is 37.8 Å². The molecule has 2 amide bonds. The molecule has 1 aliphatic rings. The maximum absolute atomic E-state index is 13.0. The fourth-order valence-corrected chi connectivity index (χ4v) is 4.05. The number of hydrogen-bond donors (Lipinski definition) is 2. The summed E-state index contributed by atoms with van der Waals surface area (Å²) in [7, 11) is 0. The third-order valence-corrected chi connectivity index (χ3v) is 5.51. The Morgan fingerprint density at radius 2 is 2.16 bits per heavy atom. The van der Waals surface area contributed by atoms with Gasteiger partial charge in [-0.15, -0.1) is 11.3 Å². The van der Waals surface area contributed by atoms with Crippen molar-refractivity contribution in [1.82, 2.24) is 20.6 Å².